The topological polar surface area (TPSA) is 12.9 Å². The van der Waals surface area contributed by atoms with Crippen molar-refractivity contribution in [3.05, 3.63) is 174 Å². The smallest absolute Gasteiger partial charge is 0.0708 e. The van der Waals surface area contributed by atoms with Crippen LogP contribution in [-0.2, 0) is 10.8 Å². The Labute approximate surface area is 293 Å². The molecule has 1 heterocycles. The minimum atomic E-state index is -0.110. The fourth-order valence-corrected chi connectivity index (χ4v) is 8.87. The van der Waals surface area contributed by atoms with Crippen LogP contribution < -0.4 is 0 Å². The van der Waals surface area contributed by atoms with Gasteiger partial charge in [0, 0.05) is 28.0 Å². The highest BCUT2D eigenvalue weighted by Gasteiger charge is 2.37. The SMILES string of the molecule is CC1(C)c2ccccc2-c2ccc(-c3ccc4c(c3)C(C)(C)c3cc(-c5ccc(-c6cc7c(ccc8ccccc87)cn6)cc5)ccc3-4)cc21. The number of hydrogen-bond donors (Lipinski definition) is 0. The average molecular weight is 640 g/mol. The molecule has 0 fully saturated rings. The minimum absolute atomic E-state index is 0.0103. The first-order valence-electron chi connectivity index (χ1n) is 17.7. The number of hydrogen-bond acceptors (Lipinski definition) is 1. The fourth-order valence-electron chi connectivity index (χ4n) is 8.87. The molecule has 0 bridgehead atoms. The van der Waals surface area contributed by atoms with Crippen molar-refractivity contribution in [2.45, 2.75) is 38.5 Å². The largest absolute Gasteiger partial charge is 0.256 e. The molecule has 8 aromatic rings. The van der Waals surface area contributed by atoms with Gasteiger partial charge in [0.1, 0.15) is 0 Å². The van der Waals surface area contributed by atoms with E-state index in [-0.39, 0.29) is 10.8 Å². The number of rotatable bonds is 3. The lowest BCUT2D eigenvalue weighted by Crippen LogP contribution is -2.15. The highest BCUT2D eigenvalue weighted by molar-refractivity contribution is 6.08. The van der Waals surface area contributed by atoms with Gasteiger partial charge in [-0.3, -0.25) is 4.98 Å². The first-order chi connectivity index (χ1) is 24.3. The van der Waals surface area contributed by atoms with E-state index in [1.165, 1.54) is 88.3 Å². The van der Waals surface area contributed by atoms with E-state index >= 15 is 0 Å². The first kappa shape index (κ1) is 29.2. The maximum absolute atomic E-state index is 4.84. The maximum atomic E-state index is 4.84. The van der Waals surface area contributed by atoms with Gasteiger partial charge in [-0.05, 0) is 107 Å². The van der Waals surface area contributed by atoms with Crippen LogP contribution in [0.5, 0.6) is 0 Å². The molecule has 0 amide bonds. The third-order valence-electron chi connectivity index (χ3n) is 11.7. The van der Waals surface area contributed by atoms with Crippen LogP contribution in [-0.4, -0.2) is 4.98 Å². The molecule has 0 N–H and O–H groups in total. The molecule has 0 radical (unpaired) electrons. The van der Waals surface area contributed by atoms with Crippen molar-refractivity contribution in [3.63, 3.8) is 0 Å². The van der Waals surface area contributed by atoms with Crippen molar-refractivity contribution in [2.75, 3.05) is 0 Å². The second-order valence-electron chi connectivity index (χ2n) is 15.2. The third-order valence-corrected chi connectivity index (χ3v) is 11.7. The van der Waals surface area contributed by atoms with Crippen molar-refractivity contribution < 1.29 is 0 Å². The van der Waals surface area contributed by atoms with Gasteiger partial charge in [0.05, 0.1) is 5.69 Å². The van der Waals surface area contributed by atoms with E-state index in [0.29, 0.717) is 0 Å². The number of aromatic nitrogens is 1. The second kappa shape index (κ2) is 10.4. The van der Waals surface area contributed by atoms with Gasteiger partial charge in [-0.2, -0.15) is 0 Å². The summed E-state index contributed by atoms with van der Waals surface area (Å²) >= 11 is 0. The lowest BCUT2D eigenvalue weighted by atomic mass is 9.80. The van der Waals surface area contributed by atoms with Crippen LogP contribution in [0.4, 0.5) is 0 Å². The Kier molecular flexibility index (Phi) is 6.04. The highest BCUT2D eigenvalue weighted by atomic mass is 14.7. The molecule has 2 aliphatic rings. The number of fused-ring (bicyclic) bond motifs is 9. The molecule has 1 aromatic heterocycles. The molecule has 1 nitrogen and oxygen atoms in total. The highest BCUT2D eigenvalue weighted by Crippen LogP contribution is 2.52. The molecule has 1 heteroatoms. The van der Waals surface area contributed by atoms with Crippen LogP contribution in [0.1, 0.15) is 49.9 Å². The summed E-state index contributed by atoms with van der Waals surface area (Å²) in [7, 11) is 0. The zero-order valence-electron chi connectivity index (χ0n) is 28.9. The number of nitrogens with zero attached hydrogens (tertiary/aromatic N) is 1. The van der Waals surface area contributed by atoms with Gasteiger partial charge in [-0.25, -0.2) is 0 Å². The predicted octanol–water partition coefficient (Wildman–Crippen LogP) is 13.0. The Balaban J connectivity index is 0.973. The lowest BCUT2D eigenvalue weighted by molar-refractivity contribution is 0.659. The molecule has 0 aliphatic heterocycles. The maximum Gasteiger partial charge on any atom is 0.0708 e. The van der Waals surface area contributed by atoms with Crippen LogP contribution >= 0.6 is 0 Å². The van der Waals surface area contributed by atoms with Crippen LogP contribution in [0.15, 0.2) is 152 Å². The molecule has 2 aliphatic carbocycles. The summed E-state index contributed by atoms with van der Waals surface area (Å²) in [5.41, 5.74) is 18.1. The van der Waals surface area contributed by atoms with Crippen LogP contribution in [0, 0.1) is 0 Å². The Morgan fingerprint density at radius 1 is 0.360 bits per heavy atom. The van der Waals surface area contributed by atoms with Gasteiger partial charge in [0.2, 0.25) is 0 Å². The summed E-state index contributed by atoms with van der Waals surface area (Å²) in [6.45, 7) is 9.48. The predicted molar refractivity (Wildman–Crippen MR) is 211 cm³/mol. The Bertz CT molecular complexity index is 2690. The summed E-state index contributed by atoms with van der Waals surface area (Å²) in [5.74, 6) is 0. The number of benzene rings is 7. The van der Waals surface area contributed by atoms with E-state index in [1.807, 2.05) is 6.20 Å². The van der Waals surface area contributed by atoms with Crippen molar-refractivity contribution >= 4 is 21.5 Å². The van der Waals surface area contributed by atoms with Crippen molar-refractivity contribution in [1.82, 2.24) is 4.98 Å². The zero-order valence-corrected chi connectivity index (χ0v) is 28.9. The molecule has 0 atom stereocenters. The molecule has 10 rings (SSSR count). The van der Waals surface area contributed by atoms with Gasteiger partial charge < -0.3 is 0 Å². The van der Waals surface area contributed by atoms with E-state index < -0.39 is 0 Å². The van der Waals surface area contributed by atoms with Crippen molar-refractivity contribution in [2.24, 2.45) is 0 Å². The normalized spacial score (nSPS) is 14.7. The second-order valence-corrected chi connectivity index (χ2v) is 15.2. The van der Waals surface area contributed by atoms with E-state index in [2.05, 4.69) is 173 Å². The zero-order chi connectivity index (χ0) is 33.8. The summed E-state index contributed by atoms with van der Waals surface area (Å²) in [6.07, 6.45) is 2.00. The van der Waals surface area contributed by atoms with Gasteiger partial charge in [-0.15, -0.1) is 0 Å². The van der Waals surface area contributed by atoms with E-state index in [9.17, 15) is 0 Å². The fraction of sp³-hybridized carbons (Fsp3) is 0.122. The molecule has 0 unspecified atom stereocenters. The Morgan fingerprint density at radius 2 is 0.840 bits per heavy atom. The molecular formula is C49H37N. The summed E-state index contributed by atoms with van der Waals surface area (Å²) in [5, 5.41) is 4.93. The molecule has 0 spiro atoms. The van der Waals surface area contributed by atoms with E-state index in [1.54, 1.807) is 0 Å². The molecule has 238 valence electrons. The van der Waals surface area contributed by atoms with Crippen LogP contribution in [0.25, 0.3) is 77.3 Å². The quantitative estimate of drug-likeness (QED) is 0.175. The average Bonchev–Trinajstić information content (AvgIpc) is 3.53. The Morgan fingerprint density at radius 3 is 1.50 bits per heavy atom. The van der Waals surface area contributed by atoms with Gasteiger partial charge in [-0.1, -0.05) is 149 Å². The van der Waals surface area contributed by atoms with Gasteiger partial charge in [0.15, 0.2) is 0 Å². The summed E-state index contributed by atoms with van der Waals surface area (Å²) in [6, 6.07) is 54.2. The minimum Gasteiger partial charge on any atom is -0.256 e. The molecule has 0 saturated heterocycles. The summed E-state index contributed by atoms with van der Waals surface area (Å²) < 4.78 is 0. The van der Waals surface area contributed by atoms with Crippen molar-refractivity contribution in [1.29, 1.82) is 0 Å². The third kappa shape index (κ3) is 4.16. The van der Waals surface area contributed by atoms with Crippen molar-refractivity contribution in [3.8, 4) is 55.8 Å². The van der Waals surface area contributed by atoms with E-state index in [0.717, 1.165) is 11.3 Å². The van der Waals surface area contributed by atoms with Crippen LogP contribution in [0.3, 0.4) is 0 Å². The molecular weight excluding hydrogens is 603 g/mol. The van der Waals surface area contributed by atoms with E-state index in [4.69, 9.17) is 4.98 Å². The number of pyridine rings is 1. The standard InChI is InChI=1S/C49H37N/c1-48(2)43-12-8-7-11-38(43)39-23-20-34(26-44(39)48)35-21-24-41-40-22-19-33(25-45(40)49(3,4)46(41)27-35)30-13-16-32(17-14-30)47-28-42-36(29-50-47)18-15-31-9-5-6-10-37(31)42/h5-29H,1-4H3. The van der Waals surface area contributed by atoms with Crippen LogP contribution in [0.2, 0.25) is 0 Å². The monoisotopic (exact) mass is 639 g/mol. The molecule has 50 heavy (non-hydrogen) atoms. The Hall–Kier alpha value is -5.79. The first-order valence-corrected chi connectivity index (χ1v) is 17.7. The molecule has 7 aromatic carbocycles. The summed E-state index contributed by atoms with van der Waals surface area (Å²) in [4.78, 5) is 4.84. The lowest BCUT2D eigenvalue weighted by Gasteiger charge is -2.23. The van der Waals surface area contributed by atoms with Gasteiger partial charge >= 0.3 is 0 Å². The van der Waals surface area contributed by atoms with Gasteiger partial charge in [0.25, 0.3) is 0 Å². The molecule has 0 saturated carbocycles.